The highest BCUT2D eigenvalue weighted by Crippen LogP contribution is 2.22. The molecule has 0 radical (unpaired) electrons. The van der Waals surface area contributed by atoms with Crippen LogP contribution in [0.1, 0.15) is 5.56 Å². The molecule has 0 fully saturated rings. The summed E-state index contributed by atoms with van der Waals surface area (Å²) in [7, 11) is 0. The highest BCUT2D eigenvalue weighted by molar-refractivity contribution is 6.30. The predicted molar refractivity (Wildman–Crippen MR) is 63.6 cm³/mol. The van der Waals surface area contributed by atoms with Crippen LogP contribution in [0.2, 0.25) is 5.15 Å². The molecule has 2 amide bonds. The van der Waals surface area contributed by atoms with E-state index in [0.717, 1.165) is 6.33 Å². The number of amides is 2. The number of aliphatic hydroxyl groups is 1. The largest absolute Gasteiger partial charge is 0.391 e. The number of aliphatic hydroxyl groups excluding tert-OH is 1. The molecule has 1 aromatic rings. The molecule has 9 heteroatoms. The lowest BCUT2D eigenvalue weighted by Gasteiger charge is -2.22. The molecule has 1 heterocycles. The number of hydrogen-bond donors (Lipinski definition) is 3. The van der Waals surface area contributed by atoms with Gasteiger partial charge < -0.3 is 21.5 Å². The van der Waals surface area contributed by atoms with Gasteiger partial charge in [-0.25, -0.2) is 9.97 Å². The molecule has 5 N–H and O–H groups in total. The van der Waals surface area contributed by atoms with Crippen molar-refractivity contribution in [2.24, 2.45) is 11.5 Å². The van der Waals surface area contributed by atoms with Crippen LogP contribution in [0.25, 0.3) is 0 Å². The molecule has 0 saturated carbocycles. The molecule has 8 nitrogen and oxygen atoms in total. The first-order chi connectivity index (χ1) is 8.45. The van der Waals surface area contributed by atoms with Gasteiger partial charge in [0, 0.05) is 0 Å². The van der Waals surface area contributed by atoms with Crippen LogP contribution in [-0.2, 0) is 16.2 Å². The zero-order valence-corrected chi connectivity index (χ0v) is 10.1. The van der Waals surface area contributed by atoms with Gasteiger partial charge in [0.15, 0.2) is 0 Å². The third kappa shape index (κ3) is 3.54. The zero-order valence-electron chi connectivity index (χ0n) is 9.34. The minimum absolute atomic E-state index is 0.0291. The maximum Gasteiger partial charge on any atom is 0.237 e. The van der Waals surface area contributed by atoms with Crippen molar-refractivity contribution >= 4 is 29.2 Å². The molecule has 0 unspecified atom stereocenters. The Kier molecular flexibility index (Phi) is 4.81. The van der Waals surface area contributed by atoms with Gasteiger partial charge in [-0.05, 0) is 0 Å². The Morgan fingerprint density at radius 3 is 2.28 bits per heavy atom. The number of carbonyl (C=O) groups excluding carboxylic acids is 2. The van der Waals surface area contributed by atoms with Crippen molar-refractivity contribution in [3.8, 4) is 0 Å². The maximum atomic E-state index is 10.9. The van der Waals surface area contributed by atoms with E-state index in [1.54, 1.807) is 0 Å². The summed E-state index contributed by atoms with van der Waals surface area (Å²) < 4.78 is 0. The summed E-state index contributed by atoms with van der Waals surface area (Å²) in [4.78, 5) is 30.7. The van der Waals surface area contributed by atoms with Crippen LogP contribution in [0.15, 0.2) is 6.33 Å². The molecule has 0 aliphatic rings. The number of nitrogens with zero attached hydrogens (tertiary/aromatic N) is 3. The molecule has 0 aliphatic heterocycles. The summed E-state index contributed by atoms with van der Waals surface area (Å²) in [5.74, 6) is -1.19. The number of rotatable bonds is 6. The summed E-state index contributed by atoms with van der Waals surface area (Å²) in [5, 5.41) is 9.22. The van der Waals surface area contributed by atoms with Gasteiger partial charge in [0.25, 0.3) is 0 Å². The lowest BCUT2D eigenvalue weighted by atomic mass is 10.3. The Bertz CT molecular complexity index is 452. The van der Waals surface area contributed by atoms with Gasteiger partial charge in [-0.2, -0.15) is 0 Å². The molecule has 0 atom stereocenters. The molecule has 1 rings (SSSR count). The van der Waals surface area contributed by atoms with Crippen LogP contribution in [0.3, 0.4) is 0 Å². The Morgan fingerprint density at radius 2 is 1.83 bits per heavy atom. The van der Waals surface area contributed by atoms with E-state index in [1.165, 1.54) is 4.90 Å². The number of primary amides is 2. The van der Waals surface area contributed by atoms with Crippen molar-refractivity contribution in [1.82, 2.24) is 9.97 Å². The van der Waals surface area contributed by atoms with Gasteiger partial charge in [0.05, 0.1) is 25.3 Å². The highest BCUT2D eigenvalue weighted by atomic mass is 35.5. The Hall–Kier alpha value is -1.93. The molecule has 0 aliphatic carbocycles. The van der Waals surface area contributed by atoms with E-state index in [-0.39, 0.29) is 29.6 Å². The van der Waals surface area contributed by atoms with Crippen LogP contribution in [0, 0.1) is 0 Å². The van der Waals surface area contributed by atoms with Gasteiger partial charge in [0.2, 0.25) is 11.8 Å². The first-order valence-corrected chi connectivity index (χ1v) is 5.25. The minimum Gasteiger partial charge on any atom is -0.391 e. The SMILES string of the molecule is NC(=O)CN(CC(N)=O)c1ncnc(Cl)c1CO. The molecule has 1 aromatic heterocycles. The van der Waals surface area contributed by atoms with Gasteiger partial charge in [-0.3, -0.25) is 9.59 Å². The lowest BCUT2D eigenvalue weighted by molar-refractivity contribution is -0.117. The summed E-state index contributed by atoms with van der Waals surface area (Å²) in [6, 6.07) is 0. The average molecular weight is 274 g/mol. The normalized spacial score (nSPS) is 10.1. The Balaban J connectivity index is 3.15. The monoisotopic (exact) mass is 273 g/mol. The third-order valence-corrected chi connectivity index (χ3v) is 2.35. The first-order valence-electron chi connectivity index (χ1n) is 4.87. The first kappa shape index (κ1) is 14.1. The summed E-state index contributed by atoms with van der Waals surface area (Å²) in [6.07, 6.45) is 1.14. The number of anilines is 1. The molecule has 0 bridgehead atoms. The fraction of sp³-hybridized carbons (Fsp3) is 0.333. The predicted octanol–water partition coefficient (Wildman–Crippen LogP) is -1.60. The van der Waals surface area contributed by atoms with E-state index in [9.17, 15) is 14.7 Å². The molecule has 0 aromatic carbocycles. The van der Waals surface area contributed by atoms with Crippen molar-refractivity contribution < 1.29 is 14.7 Å². The summed E-state index contributed by atoms with van der Waals surface area (Å²) >= 11 is 5.78. The topological polar surface area (TPSA) is 135 Å². The van der Waals surface area contributed by atoms with E-state index in [4.69, 9.17) is 23.1 Å². The van der Waals surface area contributed by atoms with E-state index in [0.29, 0.717) is 0 Å². The Labute approximate surface area is 108 Å². The van der Waals surface area contributed by atoms with E-state index < -0.39 is 18.4 Å². The second-order valence-electron chi connectivity index (χ2n) is 3.41. The van der Waals surface area contributed by atoms with Crippen molar-refractivity contribution in [1.29, 1.82) is 0 Å². The zero-order chi connectivity index (χ0) is 13.7. The van der Waals surface area contributed by atoms with Crippen molar-refractivity contribution in [2.45, 2.75) is 6.61 Å². The lowest BCUT2D eigenvalue weighted by Crippen LogP contribution is -2.40. The number of carbonyl (C=O) groups is 2. The fourth-order valence-electron chi connectivity index (χ4n) is 1.37. The molecular formula is C9H12ClN5O3. The highest BCUT2D eigenvalue weighted by Gasteiger charge is 2.19. The summed E-state index contributed by atoms with van der Waals surface area (Å²) in [5.41, 5.74) is 10.3. The standard InChI is InChI=1S/C9H12ClN5O3/c10-8-5(3-16)9(14-4-13-8)15(1-6(11)17)2-7(12)18/h4,16H,1-3H2,(H2,11,17)(H2,12,18). The van der Waals surface area contributed by atoms with Crippen LogP contribution >= 0.6 is 11.6 Å². The van der Waals surface area contributed by atoms with E-state index in [1.807, 2.05) is 0 Å². The number of aromatic nitrogens is 2. The minimum atomic E-state index is -0.671. The van der Waals surface area contributed by atoms with E-state index >= 15 is 0 Å². The van der Waals surface area contributed by atoms with E-state index in [2.05, 4.69) is 9.97 Å². The second-order valence-corrected chi connectivity index (χ2v) is 3.77. The number of hydrogen-bond acceptors (Lipinski definition) is 6. The average Bonchev–Trinajstić information content (AvgIpc) is 2.26. The second kappa shape index (κ2) is 6.12. The molecular weight excluding hydrogens is 262 g/mol. The Morgan fingerprint density at radius 1 is 1.28 bits per heavy atom. The molecule has 0 saturated heterocycles. The van der Waals surface area contributed by atoms with Crippen molar-refractivity contribution in [2.75, 3.05) is 18.0 Å². The van der Waals surface area contributed by atoms with Crippen LogP contribution in [-0.4, -0.2) is 40.0 Å². The van der Waals surface area contributed by atoms with Crippen LogP contribution in [0.5, 0.6) is 0 Å². The van der Waals surface area contributed by atoms with Crippen molar-refractivity contribution in [3.63, 3.8) is 0 Å². The quantitative estimate of drug-likeness (QED) is 0.534. The van der Waals surface area contributed by atoms with Gasteiger partial charge in [-0.15, -0.1) is 0 Å². The van der Waals surface area contributed by atoms with Crippen LogP contribution < -0.4 is 16.4 Å². The summed E-state index contributed by atoms with van der Waals surface area (Å²) in [6.45, 7) is -0.990. The third-order valence-electron chi connectivity index (χ3n) is 2.02. The van der Waals surface area contributed by atoms with Crippen molar-refractivity contribution in [3.05, 3.63) is 17.0 Å². The maximum absolute atomic E-state index is 10.9. The fourth-order valence-corrected chi connectivity index (χ4v) is 1.56. The number of nitrogens with two attached hydrogens (primary N) is 2. The van der Waals surface area contributed by atoms with Gasteiger partial charge in [0.1, 0.15) is 17.3 Å². The van der Waals surface area contributed by atoms with Gasteiger partial charge in [-0.1, -0.05) is 11.6 Å². The molecule has 18 heavy (non-hydrogen) atoms. The number of halogens is 1. The smallest absolute Gasteiger partial charge is 0.237 e. The van der Waals surface area contributed by atoms with Crippen LogP contribution in [0.4, 0.5) is 5.82 Å². The molecule has 0 spiro atoms. The molecule has 98 valence electrons. The van der Waals surface area contributed by atoms with Gasteiger partial charge >= 0.3 is 0 Å².